The molecule has 1 unspecified atom stereocenters. The SMILES string of the molecule is COc1cccc(N2C(=O)C(N)N=C(c3ccccc3)c3ccccc32)n1. The number of pyridine rings is 1. The lowest BCUT2D eigenvalue weighted by atomic mass is 10.0. The number of rotatable bonds is 3. The molecule has 0 aliphatic carbocycles. The molecule has 1 amide bonds. The van der Waals surface area contributed by atoms with E-state index in [2.05, 4.69) is 9.98 Å². The van der Waals surface area contributed by atoms with Gasteiger partial charge in [0.15, 0.2) is 6.17 Å². The summed E-state index contributed by atoms with van der Waals surface area (Å²) in [6.07, 6.45) is -1.04. The van der Waals surface area contributed by atoms with Crippen molar-refractivity contribution < 1.29 is 9.53 Å². The van der Waals surface area contributed by atoms with Gasteiger partial charge in [0, 0.05) is 17.2 Å². The molecule has 0 radical (unpaired) electrons. The van der Waals surface area contributed by atoms with Gasteiger partial charge in [0.25, 0.3) is 5.91 Å². The summed E-state index contributed by atoms with van der Waals surface area (Å²) in [6.45, 7) is 0. The van der Waals surface area contributed by atoms with Crippen molar-refractivity contribution in [3.05, 3.63) is 83.9 Å². The third-order valence-electron chi connectivity index (χ3n) is 4.34. The highest BCUT2D eigenvalue weighted by Gasteiger charge is 2.31. The summed E-state index contributed by atoms with van der Waals surface area (Å²) in [6, 6.07) is 22.5. The number of carbonyl (C=O) groups excluding carboxylic acids is 1. The van der Waals surface area contributed by atoms with Gasteiger partial charge < -0.3 is 10.5 Å². The molecule has 1 aliphatic rings. The van der Waals surface area contributed by atoms with E-state index in [1.807, 2.05) is 54.6 Å². The summed E-state index contributed by atoms with van der Waals surface area (Å²) in [5, 5.41) is 0. The number of ether oxygens (including phenoxy) is 1. The van der Waals surface area contributed by atoms with E-state index in [1.165, 1.54) is 12.0 Å². The molecule has 0 fully saturated rings. The second kappa shape index (κ2) is 7.01. The van der Waals surface area contributed by atoms with Crippen molar-refractivity contribution in [2.24, 2.45) is 10.7 Å². The monoisotopic (exact) mass is 358 g/mol. The Bertz CT molecular complexity index is 1020. The van der Waals surface area contributed by atoms with Gasteiger partial charge in [-0.05, 0) is 12.1 Å². The van der Waals surface area contributed by atoms with Gasteiger partial charge in [-0.1, -0.05) is 54.6 Å². The molecule has 2 N–H and O–H groups in total. The lowest BCUT2D eigenvalue weighted by Gasteiger charge is -2.23. The third-order valence-corrected chi connectivity index (χ3v) is 4.34. The van der Waals surface area contributed by atoms with Crippen LogP contribution in [0.1, 0.15) is 11.1 Å². The minimum Gasteiger partial charge on any atom is -0.481 e. The number of benzene rings is 2. The van der Waals surface area contributed by atoms with Crippen molar-refractivity contribution in [3.63, 3.8) is 0 Å². The van der Waals surface area contributed by atoms with E-state index >= 15 is 0 Å². The van der Waals surface area contributed by atoms with Gasteiger partial charge in [-0.25, -0.2) is 0 Å². The molecular weight excluding hydrogens is 340 g/mol. The van der Waals surface area contributed by atoms with Gasteiger partial charge in [-0.2, -0.15) is 4.98 Å². The molecule has 6 heteroatoms. The molecule has 27 heavy (non-hydrogen) atoms. The van der Waals surface area contributed by atoms with Gasteiger partial charge in [0.2, 0.25) is 5.88 Å². The van der Waals surface area contributed by atoms with E-state index in [9.17, 15) is 4.79 Å². The van der Waals surface area contributed by atoms with Crippen LogP contribution in [0.15, 0.2) is 77.8 Å². The molecule has 0 saturated carbocycles. The Morgan fingerprint density at radius 1 is 0.963 bits per heavy atom. The van der Waals surface area contributed by atoms with Crippen LogP contribution in [0.4, 0.5) is 11.5 Å². The van der Waals surface area contributed by atoms with Crippen LogP contribution in [-0.2, 0) is 4.79 Å². The second-order valence-corrected chi connectivity index (χ2v) is 6.02. The number of amides is 1. The Morgan fingerprint density at radius 3 is 2.48 bits per heavy atom. The first-order valence-corrected chi connectivity index (χ1v) is 8.52. The highest BCUT2D eigenvalue weighted by Crippen LogP contribution is 2.33. The number of methoxy groups -OCH3 is 1. The number of aliphatic imine (C=N–C) groups is 1. The van der Waals surface area contributed by atoms with Crippen LogP contribution in [0.3, 0.4) is 0 Å². The molecule has 1 aromatic heterocycles. The van der Waals surface area contributed by atoms with Gasteiger partial charge in [0.1, 0.15) is 5.82 Å². The standard InChI is InChI=1S/C21H18N4O2/c1-27-18-13-7-12-17(23-18)25-16-11-6-5-10-15(16)19(24-20(22)21(25)26)14-8-3-2-4-9-14/h2-13,20H,22H2,1H3. The number of para-hydroxylation sites is 1. The average Bonchev–Trinajstić information content (AvgIpc) is 2.83. The molecule has 134 valence electrons. The fourth-order valence-electron chi connectivity index (χ4n) is 3.09. The number of fused-ring (bicyclic) bond motifs is 1. The van der Waals surface area contributed by atoms with Crippen LogP contribution in [0, 0.1) is 0 Å². The topological polar surface area (TPSA) is 80.8 Å². The fraction of sp³-hybridized carbons (Fsp3) is 0.0952. The number of nitrogens with zero attached hydrogens (tertiary/aromatic N) is 3. The lowest BCUT2D eigenvalue weighted by molar-refractivity contribution is -0.118. The zero-order valence-corrected chi connectivity index (χ0v) is 14.7. The van der Waals surface area contributed by atoms with E-state index in [0.29, 0.717) is 23.1 Å². The van der Waals surface area contributed by atoms with Crippen LogP contribution >= 0.6 is 0 Å². The lowest BCUT2D eigenvalue weighted by Crippen LogP contribution is -2.40. The average molecular weight is 358 g/mol. The van der Waals surface area contributed by atoms with Gasteiger partial charge in [0.05, 0.1) is 18.5 Å². The highest BCUT2D eigenvalue weighted by atomic mass is 16.5. The number of hydrogen-bond donors (Lipinski definition) is 1. The molecule has 4 rings (SSSR count). The molecule has 0 bridgehead atoms. The summed E-state index contributed by atoms with van der Waals surface area (Å²) in [4.78, 5) is 23.5. The zero-order chi connectivity index (χ0) is 18.8. The van der Waals surface area contributed by atoms with E-state index in [4.69, 9.17) is 10.5 Å². The van der Waals surface area contributed by atoms with Crippen molar-refractivity contribution in [3.8, 4) is 5.88 Å². The van der Waals surface area contributed by atoms with E-state index in [-0.39, 0.29) is 5.91 Å². The van der Waals surface area contributed by atoms with Crippen molar-refractivity contribution in [1.82, 2.24) is 4.98 Å². The largest absolute Gasteiger partial charge is 0.481 e. The number of anilines is 2. The smallest absolute Gasteiger partial charge is 0.272 e. The fourth-order valence-corrected chi connectivity index (χ4v) is 3.09. The Morgan fingerprint density at radius 2 is 1.70 bits per heavy atom. The zero-order valence-electron chi connectivity index (χ0n) is 14.7. The predicted octanol–water partition coefficient (Wildman–Crippen LogP) is 2.89. The Kier molecular flexibility index (Phi) is 4.40. The number of carbonyl (C=O) groups is 1. The summed E-state index contributed by atoms with van der Waals surface area (Å²) in [5.74, 6) is 0.501. The molecule has 0 spiro atoms. The van der Waals surface area contributed by atoms with Crippen molar-refractivity contribution >= 4 is 23.1 Å². The van der Waals surface area contributed by atoms with Crippen LogP contribution in [0.25, 0.3) is 0 Å². The first-order chi connectivity index (χ1) is 13.2. The van der Waals surface area contributed by atoms with E-state index in [0.717, 1.165) is 11.1 Å². The maximum Gasteiger partial charge on any atom is 0.272 e. The number of aromatic nitrogens is 1. The van der Waals surface area contributed by atoms with Gasteiger partial charge >= 0.3 is 0 Å². The quantitative estimate of drug-likeness (QED) is 0.781. The Hall–Kier alpha value is -3.51. The maximum atomic E-state index is 13.1. The second-order valence-electron chi connectivity index (χ2n) is 6.02. The van der Waals surface area contributed by atoms with Gasteiger partial charge in [-0.3, -0.25) is 14.7 Å². The summed E-state index contributed by atoms with van der Waals surface area (Å²) < 4.78 is 5.21. The molecule has 2 heterocycles. The minimum absolute atomic E-state index is 0.353. The number of nitrogens with two attached hydrogens (primary N) is 1. The van der Waals surface area contributed by atoms with Crippen molar-refractivity contribution in [2.75, 3.05) is 12.0 Å². The van der Waals surface area contributed by atoms with Crippen molar-refractivity contribution in [2.45, 2.75) is 6.17 Å². The summed E-state index contributed by atoms with van der Waals surface area (Å²) in [5.41, 5.74) is 9.21. The van der Waals surface area contributed by atoms with Crippen LogP contribution < -0.4 is 15.4 Å². The normalized spacial score (nSPS) is 16.4. The first kappa shape index (κ1) is 16.9. The van der Waals surface area contributed by atoms with Crippen LogP contribution in [-0.4, -0.2) is 29.9 Å². The minimum atomic E-state index is -1.04. The van der Waals surface area contributed by atoms with Crippen LogP contribution in [0.5, 0.6) is 5.88 Å². The molecule has 1 atom stereocenters. The maximum absolute atomic E-state index is 13.1. The molecule has 1 aliphatic heterocycles. The molecule has 6 nitrogen and oxygen atoms in total. The predicted molar refractivity (Wildman–Crippen MR) is 104 cm³/mol. The molecule has 2 aromatic carbocycles. The van der Waals surface area contributed by atoms with Crippen molar-refractivity contribution in [1.29, 1.82) is 0 Å². The number of benzodiazepines with no additional fused rings is 1. The molecule has 0 saturated heterocycles. The molecule has 3 aromatic rings. The van der Waals surface area contributed by atoms with E-state index < -0.39 is 6.17 Å². The highest BCUT2D eigenvalue weighted by molar-refractivity contribution is 6.21. The number of hydrogen-bond acceptors (Lipinski definition) is 5. The molecular formula is C21H18N4O2. The third kappa shape index (κ3) is 3.07. The Balaban J connectivity index is 1.93. The summed E-state index contributed by atoms with van der Waals surface area (Å²) in [7, 11) is 1.53. The summed E-state index contributed by atoms with van der Waals surface area (Å²) >= 11 is 0. The van der Waals surface area contributed by atoms with E-state index in [1.54, 1.807) is 18.2 Å². The first-order valence-electron chi connectivity index (χ1n) is 8.52. The van der Waals surface area contributed by atoms with Crippen LogP contribution in [0.2, 0.25) is 0 Å². The van der Waals surface area contributed by atoms with Gasteiger partial charge in [-0.15, -0.1) is 0 Å². The Labute approximate surface area is 156 Å².